The van der Waals surface area contributed by atoms with Gasteiger partial charge in [0, 0.05) is 24.9 Å². The number of carbonyl (C=O) groups is 2. The number of piperidine rings is 1. The number of ketones is 1. The van der Waals surface area contributed by atoms with Crippen LogP contribution < -0.4 is 5.73 Å². The number of benzene rings is 1. The number of Topliss-reactive ketones (excluding diaryl/α,β-unsaturated/α-hetero) is 1. The highest BCUT2D eigenvalue weighted by molar-refractivity contribution is 6.05. The van der Waals surface area contributed by atoms with Crippen molar-refractivity contribution in [2.45, 2.75) is 5.92 Å². The molecule has 1 unspecified atom stereocenters. The van der Waals surface area contributed by atoms with Gasteiger partial charge in [-0.25, -0.2) is 0 Å². The summed E-state index contributed by atoms with van der Waals surface area (Å²) < 4.78 is 0. The van der Waals surface area contributed by atoms with Crippen LogP contribution in [0.2, 0.25) is 0 Å². The number of amides is 1. The first-order valence-corrected chi connectivity index (χ1v) is 7.98. The van der Waals surface area contributed by atoms with E-state index >= 15 is 0 Å². The number of primary amides is 1. The molecule has 0 spiro atoms. The quantitative estimate of drug-likeness (QED) is 0.820. The Morgan fingerprint density at radius 2 is 2.04 bits per heavy atom. The van der Waals surface area contributed by atoms with Gasteiger partial charge in [0.1, 0.15) is 5.75 Å². The molecule has 0 bridgehead atoms. The van der Waals surface area contributed by atoms with E-state index in [2.05, 4.69) is 4.98 Å². The van der Waals surface area contributed by atoms with E-state index < -0.39 is 11.8 Å². The Labute approximate surface area is 145 Å². The minimum atomic E-state index is -0.434. The van der Waals surface area contributed by atoms with Crippen LogP contribution in [0.15, 0.2) is 54.2 Å². The number of likely N-dealkylation sites (tertiary alicyclic amines) is 1. The molecule has 6 nitrogen and oxygen atoms in total. The van der Waals surface area contributed by atoms with Crippen molar-refractivity contribution in [2.75, 3.05) is 19.6 Å². The van der Waals surface area contributed by atoms with Crippen molar-refractivity contribution in [3.63, 3.8) is 0 Å². The summed E-state index contributed by atoms with van der Waals surface area (Å²) in [6, 6.07) is 12.0. The van der Waals surface area contributed by atoms with Gasteiger partial charge in [-0.05, 0) is 35.9 Å². The summed E-state index contributed by atoms with van der Waals surface area (Å²) in [4.78, 5) is 30.4. The van der Waals surface area contributed by atoms with Crippen molar-refractivity contribution >= 4 is 17.8 Å². The van der Waals surface area contributed by atoms with Gasteiger partial charge in [0.05, 0.1) is 18.2 Å². The predicted octanol–water partition coefficient (Wildman–Crippen LogP) is 1.32. The van der Waals surface area contributed by atoms with E-state index in [9.17, 15) is 14.7 Å². The van der Waals surface area contributed by atoms with Crippen molar-refractivity contribution in [1.82, 2.24) is 9.88 Å². The van der Waals surface area contributed by atoms with Crippen molar-refractivity contribution in [3.05, 3.63) is 65.5 Å². The number of carbonyl (C=O) groups excluding carboxylic acids is 2. The van der Waals surface area contributed by atoms with Gasteiger partial charge in [-0.1, -0.05) is 18.2 Å². The standard InChI is InChI=1S/C19H19N3O3/c20-18(24)12-22-10-14(9-15-3-1-2-8-21-15)19(25)17(11-22)13-4-6-16(23)7-5-13/h1-9,17,23H,10-12H2,(H2,20,24). The molecule has 0 radical (unpaired) electrons. The van der Waals surface area contributed by atoms with Gasteiger partial charge < -0.3 is 10.8 Å². The number of aromatic nitrogens is 1. The number of hydrogen-bond acceptors (Lipinski definition) is 5. The fraction of sp³-hybridized carbons (Fsp3) is 0.211. The maximum Gasteiger partial charge on any atom is 0.231 e. The molecule has 1 atom stereocenters. The maximum atomic E-state index is 12.9. The molecule has 1 fully saturated rings. The van der Waals surface area contributed by atoms with Crippen LogP contribution in [0.4, 0.5) is 0 Å². The molecule has 2 aromatic rings. The number of nitrogens with zero attached hydrogens (tertiary/aromatic N) is 2. The normalized spacial score (nSPS) is 19.9. The fourth-order valence-corrected chi connectivity index (χ4v) is 3.01. The molecule has 1 amide bonds. The van der Waals surface area contributed by atoms with Crippen molar-refractivity contribution in [3.8, 4) is 5.75 Å². The molecule has 0 saturated carbocycles. The highest BCUT2D eigenvalue weighted by Crippen LogP contribution is 2.28. The van der Waals surface area contributed by atoms with Crippen LogP contribution in [0.1, 0.15) is 17.2 Å². The summed E-state index contributed by atoms with van der Waals surface area (Å²) in [7, 11) is 0. The summed E-state index contributed by atoms with van der Waals surface area (Å²) >= 11 is 0. The second kappa shape index (κ2) is 7.27. The van der Waals surface area contributed by atoms with Crippen LogP contribution in [0.25, 0.3) is 6.08 Å². The minimum absolute atomic E-state index is 0.00272. The zero-order valence-electron chi connectivity index (χ0n) is 13.6. The van der Waals surface area contributed by atoms with E-state index in [0.717, 1.165) is 5.56 Å². The predicted molar refractivity (Wildman–Crippen MR) is 93.7 cm³/mol. The molecule has 128 valence electrons. The van der Waals surface area contributed by atoms with E-state index in [1.54, 1.807) is 36.5 Å². The van der Waals surface area contributed by atoms with Crippen LogP contribution in [0.3, 0.4) is 0 Å². The van der Waals surface area contributed by atoms with Gasteiger partial charge >= 0.3 is 0 Å². The molecule has 0 aliphatic carbocycles. The lowest BCUT2D eigenvalue weighted by Gasteiger charge is -2.32. The molecular weight excluding hydrogens is 318 g/mol. The zero-order valence-corrected chi connectivity index (χ0v) is 13.6. The van der Waals surface area contributed by atoms with E-state index in [0.29, 0.717) is 24.4 Å². The number of aromatic hydroxyl groups is 1. The van der Waals surface area contributed by atoms with Crippen LogP contribution in [-0.2, 0) is 9.59 Å². The third-order valence-electron chi connectivity index (χ3n) is 4.15. The largest absolute Gasteiger partial charge is 0.508 e. The number of rotatable bonds is 4. The average molecular weight is 337 g/mol. The van der Waals surface area contributed by atoms with E-state index in [-0.39, 0.29) is 18.1 Å². The van der Waals surface area contributed by atoms with Crippen molar-refractivity contribution in [2.24, 2.45) is 5.73 Å². The number of nitrogens with two attached hydrogens (primary N) is 1. The second-order valence-corrected chi connectivity index (χ2v) is 6.07. The Bertz CT molecular complexity index is 800. The Morgan fingerprint density at radius 1 is 1.28 bits per heavy atom. The molecule has 1 saturated heterocycles. The van der Waals surface area contributed by atoms with Gasteiger partial charge in [0.15, 0.2) is 5.78 Å². The van der Waals surface area contributed by atoms with E-state index in [1.165, 1.54) is 0 Å². The monoisotopic (exact) mass is 337 g/mol. The Balaban J connectivity index is 1.94. The van der Waals surface area contributed by atoms with E-state index in [1.807, 2.05) is 23.1 Å². The van der Waals surface area contributed by atoms with Crippen molar-refractivity contribution in [1.29, 1.82) is 0 Å². The van der Waals surface area contributed by atoms with Crippen LogP contribution in [0, 0.1) is 0 Å². The molecule has 6 heteroatoms. The Kier molecular flexibility index (Phi) is 4.90. The summed E-state index contributed by atoms with van der Waals surface area (Å²) in [6.45, 7) is 0.848. The summed E-state index contributed by atoms with van der Waals surface area (Å²) in [5, 5.41) is 9.46. The van der Waals surface area contributed by atoms with Gasteiger partial charge in [0.2, 0.25) is 5.91 Å². The third kappa shape index (κ3) is 4.10. The van der Waals surface area contributed by atoms with Crippen LogP contribution in [-0.4, -0.2) is 46.3 Å². The molecule has 2 heterocycles. The van der Waals surface area contributed by atoms with Gasteiger partial charge in [-0.2, -0.15) is 0 Å². The molecule has 1 aromatic carbocycles. The third-order valence-corrected chi connectivity index (χ3v) is 4.15. The Morgan fingerprint density at radius 3 is 2.68 bits per heavy atom. The topological polar surface area (TPSA) is 96.5 Å². The van der Waals surface area contributed by atoms with Gasteiger partial charge in [-0.3, -0.25) is 19.5 Å². The maximum absolute atomic E-state index is 12.9. The molecule has 1 aliphatic heterocycles. The first kappa shape index (κ1) is 16.9. The van der Waals surface area contributed by atoms with Gasteiger partial charge in [0.25, 0.3) is 0 Å². The highest BCUT2D eigenvalue weighted by Gasteiger charge is 2.32. The molecule has 3 rings (SSSR count). The number of hydrogen-bond donors (Lipinski definition) is 2. The van der Waals surface area contributed by atoms with Crippen LogP contribution >= 0.6 is 0 Å². The lowest BCUT2D eigenvalue weighted by atomic mass is 9.86. The summed E-state index contributed by atoms with van der Waals surface area (Å²) in [5.74, 6) is -0.707. The van der Waals surface area contributed by atoms with Crippen molar-refractivity contribution < 1.29 is 14.7 Å². The molecule has 3 N–H and O–H groups in total. The lowest BCUT2D eigenvalue weighted by molar-refractivity contribution is -0.122. The van der Waals surface area contributed by atoms with Crippen LogP contribution in [0.5, 0.6) is 5.75 Å². The molecule has 1 aliphatic rings. The second-order valence-electron chi connectivity index (χ2n) is 6.07. The summed E-state index contributed by atoms with van der Waals surface area (Å²) in [6.07, 6.45) is 3.42. The molecule has 1 aromatic heterocycles. The molecule has 25 heavy (non-hydrogen) atoms. The highest BCUT2D eigenvalue weighted by atomic mass is 16.3. The first-order chi connectivity index (χ1) is 12.0. The van der Waals surface area contributed by atoms with E-state index in [4.69, 9.17) is 5.73 Å². The number of pyridine rings is 1. The zero-order chi connectivity index (χ0) is 17.8. The smallest absolute Gasteiger partial charge is 0.231 e. The Hall–Kier alpha value is -2.99. The SMILES string of the molecule is NC(=O)CN1CC(=Cc2ccccn2)C(=O)C(c2ccc(O)cc2)C1. The minimum Gasteiger partial charge on any atom is -0.508 e. The first-order valence-electron chi connectivity index (χ1n) is 7.98. The lowest BCUT2D eigenvalue weighted by Crippen LogP contribution is -2.44. The number of phenols is 1. The van der Waals surface area contributed by atoms with Gasteiger partial charge in [-0.15, -0.1) is 0 Å². The average Bonchev–Trinajstić information content (AvgIpc) is 2.59. The fourth-order valence-electron chi connectivity index (χ4n) is 3.01. The summed E-state index contributed by atoms with van der Waals surface area (Å²) in [5.41, 5.74) is 7.40. The number of phenolic OH excluding ortho intramolecular Hbond substituents is 1. The molecular formula is C19H19N3O3.